The van der Waals surface area contributed by atoms with Crippen LogP contribution in [0.1, 0.15) is 18.1 Å². The van der Waals surface area contributed by atoms with E-state index in [0.717, 1.165) is 5.56 Å². The van der Waals surface area contributed by atoms with Crippen molar-refractivity contribution in [2.75, 3.05) is 13.2 Å². The zero-order chi connectivity index (χ0) is 13.5. The standard InChI is InChI=1S/C15H16O4/c1-2-18-13(16)15-8-11-6-4-3-5-10(11)7-12(15)9-19-14(15)17/h3-6,12H,2,7-9H2,1H3/t12-,15-/m1/s1. The van der Waals surface area contributed by atoms with Crippen molar-refractivity contribution in [3.8, 4) is 0 Å². The Kier molecular flexibility index (Phi) is 2.81. The first-order chi connectivity index (χ1) is 9.18. The lowest BCUT2D eigenvalue weighted by atomic mass is 9.66. The van der Waals surface area contributed by atoms with Crippen molar-refractivity contribution in [3.05, 3.63) is 35.4 Å². The second kappa shape index (κ2) is 4.37. The predicted octanol–water partition coefficient (Wildman–Crippen LogP) is 1.51. The summed E-state index contributed by atoms with van der Waals surface area (Å²) in [5.74, 6) is -0.962. The van der Waals surface area contributed by atoms with E-state index in [1.165, 1.54) is 5.56 Å². The maximum Gasteiger partial charge on any atom is 0.324 e. The van der Waals surface area contributed by atoms with Gasteiger partial charge < -0.3 is 9.47 Å². The van der Waals surface area contributed by atoms with Crippen molar-refractivity contribution in [3.63, 3.8) is 0 Å². The highest BCUT2D eigenvalue weighted by molar-refractivity contribution is 6.02. The fraction of sp³-hybridized carbons (Fsp3) is 0.467. The smallest absolute Gasteiger partial charge is 0.324 e. The van der Waals surface area contributed by atoms with Crippen LogP contribution in [-0.4, -0.2) is 25.2 Å². The number of esters is 2. The molecule has 0 spiro atoms. The molecule has 0 aromatic heterocycles. The van der Waals surface area contributed by atoms with Gasteiger partial charge in [-0.1, -0.05) is 24.3 Å². The second-order valence-corrected chi connectivity index (χ2v) is 5.14. The van der Waals surface area contributed by atoms with E-state index in [4.69, 9.17) is 9.47 Å². The summed E-state index contributed by atoms with van der Waals surface area (Å²) in [5, 5.41) is 0. The normalized spacial score (nSPS) is 28.3. The van der Waals surface area contributed by atoms with Gasteiger partial charge in [-0.05, 0) is 30.9 Å². The molecule has 2 atom stereocenters. The molecule has 0 bridgehead atoms. The van der Waals surface area contributed by atoms with Gasteiger partial charge in [0.2, 0.25) is 0 Å². The molecule has 2 aliphatic rings. The molecule has 19 heavy (non-hydrogen) atoms. The summed E-state index contributed by atoms with van der Waals surface area (Å²) in [7, 11) is 0. The van der Waals surface area contributed by atoms with Crippen molar-refractivity contribution in [1.82, 2.24) is 0 Å². The van der Waals surface area contributed by atoms with E-state index in [1.54, 1.807) is 6.92 Å². The fourth-order valence-corrected chi connectivity index (χ4v) is 3.14. The summed E-state index contributed by atoms with van der Waals surface area (Å²) < 4.78 is 10.3. The Hall–Kier alpha value is -1.84. The largest absolute Gasteiger partial charge is 0.465 e. The number of carbonyl (C=O) groups is 2. The third-order valence-electron chi connectivity index (χ3n) is 4.17. The Balaban J connectivity index is 2.04. The van der Waals surface area contributed by atoms with Crippen molar-refractivity contribution >= 4 is 11.9 Å². The van der Waals surface area contributed by atoms with Crippen LogP contribution in [0, 0.1) is 11.3 Å². The van der Waals surface area contributed by atoms with Crippen LogP contribution in [0.25, 0.3) is 0 Å². The zero-order valence-electron chi connectivity index (χ0n) is 10.8. The summed E-state index contributed by atoms with van der Waals surface area (Å²) in [4.78, 5) is 24.4. The highest BCUT2D eigenvalue weighted by Gasteiger charge is 2.60. The molecule has 1 aliphatic carbocycles. The Morgan fingerprint density at radius 1 is 1.42 bits per heavy atom. The maximum atomic E-state index is 12.3. The number of cyclic esters (lactones) is 1. The van der Waals surface area contributed by atoms with E-state index in [0.29, 0.717) is 19.4 Å². The van der Waals surface area contributed by atoms with Crippen molar-refractivity contribution in [2.45, 2.75) is 19.8 Å². The Bertz CT molecular complexity index is 537. The monoisotopic (exact) mass is 260 g/mol. The molecule has 0 N–H and O–H groups in total. The minimum absolute atomic E-state index is 0.103. The molecular weight excluding hydrogens is 244 g/mol. The van der Waals surface area contributed by atoms with Crippen LogP contribution < -0.4 is 0 Å². The lowest BCUT2D eigenvalue weighted by Gasteiger charge is -2.33. The van der Waals surface area contributed by atoms with E-state index in [1.807, 2.05) is 24.3 Å². The van der Waals surface area contributed by atoms with Gasteiger partial charge in [-0.15, -0.1) is 0 Å². The van der Waals surface area contributed by atoms with Gasteiger partial charge in [0.25, 0.3) is 0 Å². The van der Waals surface area contributed by atoms with Gasteiger partial charge in [0.05, 0.1) is 13.2 Å². The lowest BCUT2D eigenvalue weighted by molar-refractivity contribution is -0.166. The summed E-state index contributed by atoms with van der Waals surface area (Å²) in [6.07, 6.45) is 1.09. The number of rotatable bonds is 2. The quantitative estimate of drug-likeness (QED) is 0.597. The molecule has 1 aromatic rings. The summed E-state index contributed by atoms with van der Waals surface area (Å²) in [6, 6.07) is 7.93. The molecule has 1 aromatic carbocycles. The number of hydrogen-bond acceptors (Lipinski definition) is 4. The third-order valence-corrected chi connectivity index (χ3v) is 4.17. The Morgan fingerprint density at radius 3 is 2.89 bits per heavy atom. The summed E-state index contributed by atoms with van der Waals surface area (Å²) >= 11 is 0. The van der Waals surface area contributed by atoms with E-state index in [9.17, 15) is 9.59 Å². The molecule has 0 unspecified atom stereocenters. The van der Waals surface area contributed by atoms with Gasteiger partial charge >= 0.3 is 11.9 Å². The fourth-order valence-electron chi connectivity index (χ4n) is 3.14. The van der Waals surface area contributed by atoms with E-state index >= 15 is 0 Å². The van der Waals surface area contributed by atoms with Crippen LogP contribution in [0.5, 0.6) is 0 Å². The molecule has 0 saturated carbocycles. The zero-order valence-corrected chi connectivity index (χ0v) is 10.8. The summed E-state index contributed by atoms with van der Waals surface area (Å²) in [6.45, 7) is 2.34. The first-order valence-corrected chi connectivity index (χ1v) is 6.59. The van der Waals surface area contributed by atoms with Crippen LogP contribution in [0.4, 0.5) is 0 Å². The van der Waals surface area contributed by atoms with Crippen molar-refractivity contribution in [2.24, 2.45) is 11.3 Å². The second-order valence-electron chi connectivity index (χ2n) is 5.14. The molecule has 1 saturated heterocycles. The highest BCUT2D eigenvalue weighted by atomic mass is 16.6. The number of hydrogen-bond donors (Lipinski definition) is 0. The average molecular weight is 260 g/mol. The molecule has 0 amide bonds. The molecule has 1 fully saturated rings. The van der Waals surface area contributed by atoms with Crippen LogP contribution in [0.15, 0.2) is 24.3 Å². The lowest BCUT2D eigenvalue weighted by Crippen LogP contribution is -2.47. The first kappa shape index (κ1) is 12.2. The molecule has 4 nitrogen and oxygen atoms in total. The van der Waals surface area contributed by atoms with Crippen LogP contribution in [0.3, 0.4) is 0 Å². The van der Waals surface area contributed by atoms with Crippen molar-refractivity contribution in [1.29, 1.82) is 0 Å². The van der Waals surface area contributed by atoms with Gasteiger partial charge in [-0.2, -0.15) is 0 Å². The number of fused-ring (bicyclic) bond motifs is 2. The van der Waals surface area contributed by atoms with E-state index < -0.39 is 17.4 Å². The Labute approximate surface area is 111 Å². The molecule has 1 aliphatic heterocycles. The topological polar surface area (TPSA) is 52.6 Å². The molecule has 4 heteroatoms. The third kappa shape index (κ3) is 1.66. The van der Waals surface area contributed by atoms with E-state index in [-0.39, 0.29) is 12.5 Å². The molecule has 1 heterocycles. The Morgan fingerprint density at radius 2 is 2.16 bits per heavy atom. The molecule has 0 radical (unpaired) electrons. The SMILES string of the molecule is CCOC(=O)[C@@]12Cc3ccccc3C[C@@H]1COC2=O. The van der Waals surface area contributed by atoms with Gasteiger partial charge in [-0.25, -0.2) is 0 Å². The summed E-state index contributed by atoms with van der Waals surface area (Å²) in [5.41, 5.74) is 1.13. The maximum absolute atomic E-state index is 12.3. The number of carbonyl (C=O) groups excluding carboxylic acids is 2. The van der Waals surface area contributed by atoms with Crippen molar-refractivity contribution < 1.29 is 19.1 Å². The van der Waals surface area contributed by atoms with Crippen LogP contribution in [-0.2, 0) is 31.9 Å². The average Bonchev–Trinajstić information content (AvgIpc) is 2.75. The molecule has 3 rings (SSSR count). The van der Waals surface area contributed by atoms with Gasteiger partial charge in [-0.3, -0.25) is 9.59 Å². The van der Waals surface area contributed by atoms with Crippen LogP contribution >= 0.6 is 0 Å². The van der Waals surface area contributed by atoms with E-state index in [2.05, 4.69) is 0 Å². The number of ether oxygens (including phenoxy) is 2. The van der Waals surface area contributed by atoms with Crippen LogP contribution in [0.2, 0.25) is 0 Å². The van der Waals surface area contributed by atoms with Gasteiger partial charge in [0.15, 0.2) is 5.41 Å². The highest BCUT2D eigenvalue weighted by Crippen LogP contribution is 2.46. The molecule has 100 valence electrons. The predicted molar refractivity (Wildman–Crippen MR) is 67.4 cm³/mol. The minimum Gasteiger partial charge on any atom is -0.465 e. The number of benzene rings is 1. The molecular formula is C15H16O4. The van der Waals surface area contributed by atoms with Gasteiger partial charge in [0, 0.05) is 5.92 Å². The minimum atomic E-state index is -1.12. The van der Waals surface area contributed by atoms with Gasteiger partial charge in [0.1, 0.15) is 0 Å². The first-order valence-electron chi connectivity index (χ1n) is 6.59.